The molecule has 0 radical (unpaired) electrons. The average molecular weight is 484 g/mol. The van der Waals surface area contributed by atoms with Crippen molar-refractivity contribution in [1.82, 2.24) is 4.57 Å². The number of carbonyl (C=O) groups excluding carboxylic acids is 2. The molecule has 1 aliphatic heterocycles. The number of esters is 1. The maximum Gasteiger partial charge on any atom is 0.338 e. The van der Waals surface area contributed by atoms with Gasteiger partial charge in [-0.25, -0.2) is 4.79 Å². The second-order valence-corrected chi connectivity index (χ2v) is 8.50. The molecule has 0 N–H and O–H groups in total. The minimum absolute atomic E-state index is 0.224. The minimum atomic E-state index is -0.587. The van der Waals surface area contributed by atoms with Crippen LogP contribution in [0.3, 0.4) is 0 Å². The first-order valence-electron chi connectivity index (χ1n) is 11.6. The first-order valence-corrected chi connectivity index (χ1v) is 11.6. The monoisotopic (exact) mass is 483 g/mol. The molecule has 0 saturated heterocycles. The number of Topliss-reactive ketones (excluding diaryl/α,β-unsaturated/α-hetero) is 1. The third kappa shape index (κ3) is 4.95. The molecule has 7 nitrogen and oxygen atoms in total. The van der Waals surface area contributed by atoms with E-state index in [1.54, 1.807) is 24.3 Å². The molecule has 0 fully saturated rings. The molecule has 182 valence electrons. The number of para-hydroxylation sites is 1. The second-order valence-electron chi connectivity index (χ2n) is 8.50. The molecule has 0 aliphatic carbocycles. The molecule has 5 rings (SSSR count). The molecule has 2 heterocycles. The summed E-state index contributed by atoms with van der Waals surface area (Å²) in [5.74, 6) is 1.77. The van der Waals surface area contributed by atoms with Crippen molar-refractivity contribution in [2.75, 3.05) is 13.4 Å². The molecule has 0 atom stereocenters. The van der Waals surface area contributed by atoms with Gasteiger partial charge in [0.05, 0.1) is 5.56 Å². The molecule has 0 saturated carbocycles. The van der Waals surface area contributed by atoms with Gasteiger partial charge in [0.15, 0.2) is 18.1 Å². The van der Waals surface area contributed by atoms with Gasteiger partial charge in [0, 0.05) is 23.5 Å². The van der Waals surface area contributed by atoms with Crippen LogP contribution in [0.4, 0.5) is 0 Å². The molecule has 1 aliphatic rings. The van der Waals surface area contributed by atoms with Crippen LogP contribution in [0.25, 0.3) is 0 Å². The lowest BCUT2D eigenvalue weighted by atomic mass is 10.1. The quantitative estimate of drug-likeness (QED) is 0.236. The highest BCUT2D eigenvalue weighted by atomic mass is 16.7. The molecule has 7 heteroatoms. The number of carbonyl (C=O) groups is 2. The highest BCUT2D eigenvalue weighted by Gasteiger charge is 2.19. The Hall–Kier alpha value is -4.52. The molecule has 0 amide bonds. The van der Waals surface area contributed by atoms with Crippen molar-refractivity contribution in [1.29, 1.82) is 0 Å². The van der Waals surface area contributed by atoms with Gasteiger partial charge >= 0.3 is 5.97 Å². The van der Waals surface area contributed by atoms with Gasteiger partial charge in [-0.05, 0) is 67.9 Å². The maximum absolute atomic E-state index is 12.9. The highest BCUT2D eigenvalue weighted by molar-refractivity contribution is 6.00. The van der Waals surface area contributed by atoms with Gasteiger partial charge in [0.25, 0.3) is 0 Å². The number of ether oxygens (including phenoxy) is 4. The van der Waals surface area contributed by atoms with E-state index in [0.29, 0.717) is 29.2 Å². The van der Waals surface area contributed by atoms with Gasteiger partial charge < -0.3 is 23.5 Å². The first-order chi connectivity index (χ1) is 17.5. The van der Waals surface area contributed by atoms with Crippen LogP contribution in [0.1, 0.15) is 37.7 Å². The van der Waals surface area contributed by atoms with Gasteiger partial charge in [0.2, 0.25) is 12.6 Å². The largest absolute Gasteiger partial charge is 0.457 e. The zero-order valence-corrected chi connectivity index (χ0v) is 20.0. The Morgan fingerprint density at radius 1 is 0.861 bits per heavy atom. The predicted octanol–water partition coefficient (Wildman–Crippen LogP) is 5.71. The van der Waals surface area contributed by atoms with Crippen molar-refractivity contribution in [3.8, 4) is 23.0 Å². The molecular weight excluding hydrogens is 458 g/mol. The van der Waals surface area contributed by atoms with Gasteiger partial charge in [-0.1, -0.05) is 30.3 Å². The number of aromatic nitrogens is 1. The van der Waals surface area contributed by atoms with E-state index < -0.39 is 5.97 Å². The Kier molecular flexibility index (Phi) is 6.45. The zero-order valence-electron chi connectivity index (χ0n) is 20.0. The lowest BCUT2D eigenvalue weighted by Crippen LogP contribution is -2.15. The molecule has 0 unspecified atom stereocenters. The van der Waals surface area contributed by atoms with Crippen LogP contribution in [0.5, 0.6) is 23.0 Å². The molecule has 3 aromatic carbocycles. The lowest BCUT2D eigenvalue weighted by Gasteiger charge is -2.11. The SMILES string of the molecule is Cc1cc(C(=O)COC(=O)c2cccc(Oc3ccccc3)c2)c(C)n1Cc1ccc2c(c1)OCO2. The van der Waals surface area contributed by atoms with E-state index in [4.69, 9.17) is 18.9 Å². The molecule has 0 spiro atoms. The van der Waals surface area contributed by atoms with E-state index >= 15 is 0 Å². The highest BCUT2D eigenvalue weighted by Crippen LogP contribution is 2.33. The van der Waals surface area contributed by atoms with Crippen LogP contribution in [-0.2, 0) is 11.3 Å². The number of ketones is 1. The van der Waals surface area contributed by atoms with E-state index in [1.807, 2.05) is 68.4 Å². The van der Waals surface area contributed by atoms with Gasteiger partial charge in [-0.2, -0.15) is 0 Å². The van der Waals surface area contributed by atoms with Crippen molar-refractivity contribution in [2.45, 2.75) is 20.4 Å². The third-order valence-electron chi connectivity index (χ3n) is 6.03. The number of fused-ring (bicyclic) bond motifs is 1. The topological polar surface area (TPSA) is 76.0 Å². The number of hydrogen-bond acceptors (Lipinski definition) is 6. The smallest absolute Gasteiger partial charge is 0.338 e. The Bertz CT molecular complexity index is 1420. The normalized spacial score (nSPS) is 11.8. The average Bonchev–Trinajstić information content (AvgIpc) is 3.47. The Morgan fingerprint density at radius 2 is 1.64 bits per heavy atom. The van der Waals surface area contributed by atoms with Gasteiger partial charge in [-0.15, -0.1) is 0 Å². The number of hydrogen-bond donors (Lipinski definition) is 0. The number of nitrogens with zero attached hydrogens (tertiary/aromatic N) is 1. The van der Waals surface area contributed by atoms with E-state index in [-0.39, 0.29) is 19.2 Å². The summed E-state index contributed by atoms with van der Waals surface area (Å²) < 4.78 is 24.0. The predicted molar refractivity (Wildman–Crippen MR) is 133 cm³/mol. The van der Waals surface area contributed by atoms with Crippen molar-refractivity contribution in [3.05, 3.63) is 107 Å². The van der Waals surface area contributed by atoms with Crippen LogP contribution in [0.2, 0.25) is 0 Å². The van der Waals surface area contributed by atoms with Crippen LogP contribution >= 0.6 is 0 Å². The summed E-state index contributed by atoms with van der Waals surface area (Å²) >= 11 is 0. The van der Waals surface area contributed by atoms with Crippen LogP contribution in [0.15, 0.2) is 78.9 Å². The minimum Gasteiger partial charge on any atom is -0.457 e. The molecule has 0 bridgehead atoms. The first kappa shape index (κ1) is 23.2. The van der Waals surface area contributed by atoms with Crippen molar-refractivity contribution in [3.63, 3.8) is 0 Å². The Morgan fingerprint density at radius 3 is 2.47 bits per heavy atom. The van der Waals surface area contributed by atoms with Crippen LogP contribution in [-0.4, -0.2) is 29.7 Å². The molecule has 4 aromatic rings. The summed E-state index contributed by atoms with van der Waals surface area (Å²) in [7, 11) is 0. The fourth-order valence-corrected chi connectivity index (χ4v) is 4.15. The number of rotatable bonds is 8. The Labute approximate surface area is 208 Å². The van der Waals surface area contributed by atoms with Crippen molar-refractivity contribution >= 4 is 11.8 Å². The fourth-order valence-electron chi connectivity index (χ4n) is 4.15. The van der Waals surface area contributed by atoms with Gasteiger partial charge in [0.1, 0.15) is 11.5 Å². The standard InChI is InChI=1S/C29H25NO6/c1-19-13-25(20(2)30(19)16-21-11-12-27-28(14-21)35-18-34-27)26(31)17-33-29(32)22-7-6-10-24(15-22)36-23-8-4-3-5-9-23/h3-15H,16-18H2,1-2H3. The summed E-state index contributed by atoms with van der Waals surface area (Å²) in [6, 6.07) is 23.6. The van der Waals surface area contributed by atoms with E-state index in [1.165, 1.54) is 0 Å². The van der Waals surface area contributed by atoms with E-state index in [9.17, 15) is 9.59 Å². The fraction of sp³-hybridized carbons (Fsp3) is 0.172. The summed E-state index contributed by atoms with van der Waals surface area (Å²) in [6.45, 7) is 4.29. The zero-order chi connectivity index (χ0) is 25.1. The number of benzene rings is 3. The maximum atomic E-state index is 12.9. The summed E-state index contributed by atoms with van der Waals surface area (Å²) in [5, 5.41) is 0. The van der Waals surface area contributed by atoms with E-state index in [0.717, 1.165) is 28.5 Å². The molecule has 1 aromatic heterocycles. The van der Waals surface area contributed by atoms with Gasteiger partial charge in [-0.3, -0.25) is 4.79 Å². The lowest BCUT2D eigenvalue weighted by molar-refractivity contribution is 0.0474. The van der Waals surface area contributed by atoms with E-state index in [2.05, 4.69) is 4.57 Å². The van der Waals surface area contributed by atoms with Crippen molar-refractivity contribution in [2.24, 2.45) is 0 Å². The van der Waals surface area contributed by atoms with Crippen molar-refractivity contribution < 1.29 is 28.5 Å². The summed E-state index contributed by atoms with van der Waals surface area (Å²) in [4.78, 5) is 25.5. The second kappa shape index (κ2) is 10.00. The molecular formula is C29H25NO6. The number of aryl methyl sites for hydroxylation is 1. The van der Waals surface area contributed by atoms with Crippen LogP contribution in [0, 0.1) is 13.8 Å². The van der Waals surface area contributed by atoms with Crippen LogP contribution < -0.4 is 14.2 Å². The Balaban J connectivity index is 1.23. The molecule has 36 heavy (non-hydrogen) atoms. The third-order valence-corrected chi connectivity index (χ3v) is 6.03. The summed E-state index contributed by atoms with van der Waals surface area (Å²) in [5.41, 5.74) is 3.62. The summed E-state index contributed by atoms with van der Waals surface area (Å²) in [6.07, 6.45) is 0.